The summed E-state index contributed by atoms with van der Waals surface area (Å²) in [5.74, 6) is 1.72. The molecule has 0 atom stereocenters. The lowest BCUT2D eigenvalue weighted by molar-refractivity contribution is 0.669. The largest absolute Gasteiger partial charge is 0.456 e. The number of hydrogen-bond donors (Lipinski definition) is 0. The molecule has 5 aromatic heterocycles. The summed E-state index contributed by atoms with van der Waals surface area (Å²) in [5.41, 5.74) is 10.7. The summed E-state index contributed by atoms with van der Waals surface area (Å²) in [4.78, 5) is 16.4. The van der Waals surface area contributed by atoms with Gasteiger partial charge in [-0.3, -0.25) is 0 Å². The normalized spacial score (nSPS) is 12.1. The first-order chi connectivity index (χ1) is 33.7. The van der Waals surface area contributed by atoms with Crippen molar-refractivity contribution in [3.63, 3.8) is 0 Å². The van der Waals surface area contributed by atoms with Crippen LogP contribution in [0.15, 0.2) is 217 Å². The number of nitrogens with zero attached hydrogens (tertiary/aromatic N) is 5. The third-order valence-corrected chi connectivity index (χ3v) is 14.9. The van der Waals surface area contributed by atoms with Crippen molar-refractivity contribution < 1.29 is 4.42 Å². The average molecular weight is 886 g/mol. The van der Waals surface area contributed by atoms with E-state index in [-0.39, 0.29) is 0 Å². The standard InChI is InChI=1S/C61H35N5OS/c1-2-16-40(17-3-1)65-50-22-10-6-18-41(50)43-28-26-39(33-52(43)65)60-62-59(38-27-29-58-48(31-38)45-21-9-13-25-57(45)68-58)63-61(64-60)49-35-56-47(44-20-8-12-24-55(44)67-56)34-54(49)66-51-23-11-7-19-42(51)46-30-36-14-4-5-15-37(36)32-53(46)66/h1-35H. The number of aromatic nitrogens is 5. The van der Waals surface area contributed by atoms with Crippen molar-refractivity contribution in [1.82, 2.24) is 24.1 Å². The number of thiophene rings is 1. The van der Waals surface area contributed by atoms with Gasteiger partial charge in [-0.2, -0.15) is 0 Å². The molecule has 0 radical (unpaired) electrons. The van der Waals surface area contributed by atoms with Gasteiger partial charge >= 0.3 is 0 Å². The van der Waals surface area contributed by atoms with E-state index < -0.39 is 0 Å². The van der Waals surface area contributed by atoms with E-state index in [0.29, 0.717) is 17.5 Å². The minimum Gasteiger partial charge on any atom is -0.456 e. The number of furan rings is 1. The van der Waals surface area contributed by atoms with Crippen LogP contribution in [0.1, 0.15) is 0 Å². The monoisotopic (exact) mass is 885 g/mol. The lowest BCUT2D eigenvalue weighted by Gasteiger charge is -2.15. The first-order valence-electron chi connectivity index (χ1n) is 22.8. The summed E-state index contributed by atoms with van der Waals surface area (Å²) >= 11 is 1.80. The van der Waals surface area contributed by atoms with Crippen LogP contribution in [-0.2, 0) is 0 Å². The molecule has 316 valence electrons. The van der Waals surface area contributed by atoms with Crippen molar-refractivity contribution in [1.29, 1.82) is 0 Å². The van der Waals surface area contributed by atoms with Gasteiger partial charge in [0.2, 0.25) is 0 Å². The van der Waals surface area contributed by atoms with Gasteiger partial charge in [-0.15, -0.1) is 11.3 Å². The van der Waals surface area contributed by atoms with Crippen molar-refractivity contribution in [2.45, 2.75) is 0 Å². The molecule has 0 saturated carbocycles. The molecule has 10 aromatic carbocycles. The zero-order chi connectivity index (χ0) is 44.5. The predicted octanol–water partition coefficient (Wildman–Crippen LogP) is 16.5. The SMILES string of the molecule is c1ccc(-n2c3ccccc3c3ccc(-c4nc(-c5ccc6sc7ccccc7c6c5)nc(-c5cc6oc7ccccc7c6cc5-n5c6ccccc6c6cc7ccccc7cc65)n4)cc32)cc1. The minimum atomic E-state index is 0.549. The summed E-state index contributed by atoms with van der Waals surface area (Å²) in [6.45, 7) is 0. The van der Waals surface area contributed by atoms with Gasteiger partial charge in [-0.05, 0) is 95.7 Å². The average Bonchev–Trinajstić information content (AvgIpc) is 4.14. The van der Waals surface area contributed by atoms with Crippen LogP contribution in [0.3, 0.4) is 0 Å². The second-order valence-corrected chi connectivity index (χ2v) is 18.7. The Morgan fingerprint density at radius 3 is 1.75 bits per heavy atom. The molecule has 15 rings (SSSR count). The van der Waals surface area contributed by atoms with E-state index in [0.717, 1.165) is 77.5 Å². The van der Waals surface area contributed by atoms with Gasteiger partial charge in [0, 0.05) is 74.9 Å². The van der Waals surface area contributed by atoms with Crippen LogP contribution >= 0.6 is 11.3 Å². The Morgan fingerprint density at radius 2 is 0.926 bits per heavy atom. The number of fused-ring (bicyclic) bond motifs is 13. The molecule has 0 bridgehead atoms. The Bertz CT molecular complexity index is 4580. The van der Waals surface area contributed by atoms with Gasteiger partial charge in [0.05, 0.1) is 27.8 Å². The van der Waals surface area contributed by atoms with Crippen LogP contribution in [0.5, 0.6) is 0 Å². The molecule has 0 saturated heterocycles. The van der Waals surface area contributed by atoms with Gasteiger partial charge in [-0.25, -0.2) is 15.0 Å². The summed E-state index contributed by atoms with van der Waals surface area (Å²) < 4.78 is 13.9. The first-order valence-corrected chi connectivity index (χ1v) is 23.6. The number of rotatable bonds is 5. The maximum absolute atomic E-state index is 6.68. The minimum absolute atomic E-state index is 0.549. The molecule has 0 aliphatic heterocycles. The van der Waals surface area contributed by atoms with Gasteiger partial charge in [-0.1, -0.05) is 127 Å². The Morgan fingerprint density at radius 1 is 0.338 bits per heavy atom. The fourth-order valence-electron chi connectivity index (χ4n) is 10.6. The topological polar surface area (TPSA) is 61.7 Å². The van der Waals surface area contributed by atoms with E-state index in [1.807, 2.05) is 12.1 Å². The maximum Gasteiger partial charge on any atom is 0.166 e. The van der Waals surface area contributed by atoms with Crippen LogP contribution in [0.25, 0.3) is 142 Å². The van der Waals surface area contributed by atoms with Gasteiger partial charge in [0.15, 0.2) is 17.5 Å². The summed E-state index contributed by atoms with van der Waals surface area (Å²) in [6, 6.07) is 75.6. The van der Waals surface area contributed by atoms with E-state index in [4.69, 9.17) is 19.4 Å². The Kier molecular flexibility index (Phi) is 7.85. The van der Waals surface area contributed by atoms with E-state index in [1.54, 1.807) is 11.3 Å². The van der Waals surface area contributed by atoms with E-state index in [1.165, 1.54) is 47.1 Å². The van der Waals surface area contributed by atoms with Gasteiger partial charge in [0.1, 0.15) is 11.2 Å². The van der Waals surface area contributed by atoms with Crippen molar-refractivity contribution >= 4 is 108 Å². The lowest BCUT2D eigenvalue weighted by Crippen LogP contribution is -2.04. The van der Waals surface area contributed by atoms with Crippen LogP contribution in [0.4, 0.5) is 0 Å². The van der Waals surface area contributed by atoms with Crippen molar-refractivity contribution in [3.8, 4) is 45.5 Å². The number of benzene rings is 10. The highest BCUT2D eigenvalue weighted by Crippen LogP contribution is 2.43. The molecule has 7 heteroatoms. The third-order valence-electron chi connectivity index (χ3n) is 13.7. The molecule has 0 spiro atoms. The first kappa shape index (κ1) is 37.3. The summed E-state index contributed by atoms with van der Waals surface area (Å²) in [5, 5.41) is 11.6. The van der Waals surface area contributed by atoms with Crippen LogP contribution in [0, 0.1) is 0 Å². The molecule has 68 heavy (non-hydrogen) atoms. The molecular formula is C61H35N5OS. The maximum atomic E-state index is 6.68. The zero-order valence-corrected chi connectivity index (χ0v) is 37.1. The second kappa shape index (κ2) is 14.3. The molecule has 6 nitrogen and oxygen atoms in total. The summed E-state index contributed by atoms with van der Waals surface area (Å²) in [7, 11) is 0. The smallest absolute Gasteiger partial charge is 0.166 e. The molecule has 0 aliphatic rings. The van der Waals surface area contributed by atoms with Crippen LogP contribution < -0.4 is 0 Å². The number of hydrogen-bond acceptors (Lipinski definition) is 5. The molecular weight excluding hydrogens is 851 g/mol. The molecule has 0 N–H and O–H groups in total. The third kappa shape index (κ3) is 5.54. The van der Waals surface area contributed by atoms with Gasteiger partial charge in [0.25, 0.3) is 0 Å². The molecule has 15 aromatic rings. The molecule has 0 amide bonds. The Hall–Kier alpha value is -8.91. The molecule has 0 aliphatic carbocycles. The van der Waals surface area contributed by atoms with Gasteiger partial charge < -0.3 is 13.6 Å². The Balaban J connectivity index is 1.05. The van der Waals surface area contributed by atoms with Crippen molar-refractivity contribution in [3.05, 3.63) is 212 Å². The van der Waals surface area contributed by atoms with E-state index in [2.05, 4.69) is 209 Å². The predicted molar refractivity (Wildman–Crippen MR) is 282 cm³/mol. The fourth-order valence-corrected chi connectivity index (χ4v) is 11.7. The molecule has 5 heterocycles. The molecule has 0 unspecified atom stereocenters. The second-order valence-electron chi connectivity index (χ2n) is 17.6. The van der Waals surface area contributed by atoms with Crippen LogP contribution in [0.2, 0.25) is 0 Å². The number of para-hydroxylation sites is 4. The quantitative estimate of drug-likeness (QED) is 0.173. The van der Waals surface area contributed by atoms with E-state index in [9.17, 15) is 0 Å². The highest BCUT2D eigenvalue weighted by molar-refractivity contribution is 7.25. The van der Waals surface area contributed by atoms with E-state index >= 15 is 0 Å². The zero-order valence-electron chi connectivity index (χ0n) is 36.3. The van der Waals surface area contributed by atoms with Crippen molar-refractivity contribution in [2.24, 2.45) is 0 Å². The highest BCUT2D eigenvalue weighted by atomic mass is 32.1. The molecule has 0 fully saturated rings. The van der Waals surface area contributed by atoms with Crippen molar-refractivity contribution in [2.75, 3.05) is 0 Å². The Labute approximate surface area is 392 Å². The fraction of sp³-hybridized carbons (Fsp3) is 0. The highest BCUT2D eigenvalue weighted by Gasteiger charge is 2.24. The lowest BCUT2D eigenvalue weighted by atomic mass is 10.0. The van der Waals surface area contributed by atoms with Crippen LogP contribution in [-0.4, -0.2) is 24.1 Å². The summed E-state index contributed by atoms with van der Waals surface area (Å²) in [6.07, 6.45) is 0.